The van der Waals surface area contributed by atoms with E-state index in [9.17, 15) is 4.79 Å². The molecule has 1 N–H and O–H groups in total. The third-order valence-corrected chi connectivity index (χ3v) is 5.84. The van der Waals surface area contributed by atoms with E-state index in [2.05, 4.69) is 47.4 Å². The number of H-pyrrole nitrogens is 1. The van der Waals surface area contributed by atoms with Gasteiger partial charge in [-0.25, -0.2) is 4.98 Å². The summed E-state index contributed by atoms with van der Waals surface area (Å²) in [6.45, 7) is 8.78. The molecule has 1 aliphatic rings. The van der Waals surface area contributed by atoms with Gasteiger partial charge in [-0.1, -0.05) is 0 Å². The molecule has 1 amide bonds. The van der Waals surface area contributed by atoms with Gasteiger partial charge in [-0.15, -0.1) is 0 Å². The van der Waals surface area contributed by atoms with E-state index in [0.29, 0.717) is 5.92 Å². The predicted molar refractivity (Wildman–Crippen MR) is 104 cm³/mol. The van der Waals surface area contributed by atoms with Gasteiger partial charge in [-0.2, -0.15) is 0 Å². The van der Waals surface area contributed by atoms with Crippen LogP contribution >= 0.6 is 0 Å². The zero-order valence-electron chi connectivity index (χ0n) is 15.7. The maximum absolute atomic E-state index is 13.0. The predicted octanol–water partition coefficient (Wildman–Crippen LogP) is 4.02. The molecule has 0 radical (unpaired) electrons. The number of amides is 1. The maximum Gasteiger partial charge on any atom is 0.255 e. The summed E-state index contributed by atoms with van der Waals surface area (Å²) < 4.78 is 2.21. The number of pyridine rings is 1. The first-order valence-corrected chi connectivity index (χ1v) is 9.48. The van der Waals surface area contributed by atoms with Crippen LogP contribution in [0, 0.1) is 13.8 Å². The van der Waals surface area contributed by atoms with Crippen LogP contribution in [0.15, 0.2) is 30.6 Å². The molecule has 1 fully saturated rings. The summed E-state index contributed by atoms with van der Waals surface area (Å²) >= 11 is 0. The highest BCUT2D eigenvalue weighted by Gasteiger charge is 2.27. The number of aromatic amines is 1. The first kappa shape index (κ1) is 16.9. The molecule has 0 spiro atoms. The van der Waals surface area contributed by atoms with Crippen LogP contribution in [-0.4, -0.2) is 38.4 Å². The zero-order chi connectivity index (χ0) is 18.3. The van der Waals surface area contributed by atoms with E-state index in [1.54, 1.807) is 0 Å². The van der Waals surface area contributed by atoms with Crippen LogP contribution in [0.3, 0.4) is 0 Å². The molecule has 3 aromatic rings. The molecular formula is C21H26N4O. The lowest BCUT2D eigenvalue weighted by Crippen LogP contribution is -2.38. The lowest BCUT2D eigenvalue weighted by molar-refractivity contribution is 0.0712. The fourth-order valence-corrected chi connectivity index (χ4v) is 4.41. The van der Waals surface area contributed by atoms with E-state index in [1.165, 1.54) is 10.9 Å². The van der Waals surface area contributed by atoms with Crippen molar-refractivity contribution in [3.63, 3.8) is 0 Å². The van der Waals surface area contributed by atoms with Gasteiger partial charge < -0.3 is 14.5 Å². The molecular weight excluding hydrogens is 324 g/mol. The molecule has 5 heteroatoms. The Bertz CT molecular complexity index is 944. The summed E-state index contributed by atoms with van der Waals surface area (Å²) in [4.78, 5) is 22.6. The lowest BCUT2D eigenvalue weighted by atomic mass is 9.88. The molecule has 0 aromatic carbocycles. The molecule has 3 aromatic heterocycles. The van der Waals surface area contributed by atoms with Gasteiger partial charge in [-0.3, -0.25) is 4.79 Å². The van der Waals surface area contributed by atoms with Gasteiger partial charge in [0.2, 0.25) is 0 Å². The van der Waals surface area contributed by atoms with E-state index in [-0.39, 0.29) is 5.91 Å². The Morgan fingerprint density at radius 1 is 1.27 bits per heavy atom. The molecule has 1 saturated heterocycles. The van der Waals surface area contributed by atoms with E-state index in [4.69, 9.17) is 0 Å². The molecule has 4 rings (SSSR count). The van der Waals surface area contributed by atoms with Crippen LogP contribution in [0.4, 0.5) is 0 Å². The number of nitrogens with zero attached hydrogens (tertiary/aromatic N) is 3. The Morgan fingerprint density at radius 3 is 2.73 bits per heavy atom. The number of likely N-dealkylation sites (tertiary alicyclic amines) is 1. The van der Waals surface area contributed by atoms with E-state index in [1.807, 2.05) is 23.4 Å². The number of piperidine rings is 1. The number of fused-ring (bicyclic) bond motifs is 1. The van der Waals surface area contributed by atoms with Crippen LogP contribution < -0.4 is 0 Å². The number of carbonyl (C=O) groups is 1. The van der Waals surface area contributed by atoms with Crippen molar-refractivity contribution in [2.24, 2.45) is 0 Å². The van der Waals surface area contributed by atoms with Crippen molar-refractivity contribution in [1.82, 2.24) is 19.4 Å². The number of hydrogen-bond donors (Lipinski definition) is 1. The third-order valence-electron chi connectivity index (χ3n) is 5.84. The minimum atomic E-state index is 0.178. The Morgan fingerprint density at radius 2 is 2.04 bits per heavy atom. The average Bonchev–Trinajstić information content (AvgIpc) is 3.25. The Balaban J connectivity index is 1.50. The maximum atomic E-state index is 13.0. The fraction of sp³-hybridized carbons (Fsp3) is 0.429. The largest absolute Gasteiger partial charge is 0.349 e. The molecule has 26 heavy (non-hydrogen) atoms. The fourth-order valence-electron chi connectivity index (χ4n) is 4.41. The lowest BCUT2D eigenvalue weighted by Gasteiger charge is -2.32. The van der Waals surface area contributed by atoms with Gasteiger partial charge in [0.25, 0.3) is 5.91 Å². The van der Waals surface area contributed by atoms with Crippen LogP contribution in [0.5, 0.6) is 0 Å². The highest BCUT2D eigenvalue weighted by atomic mass is 16.2. The number of aryl methyl sites for hydroxylation is 1. The minimum absolute atomic E-state index is 0.178. The van der Waals surface area contributed by atoms with Gasteiger partial charge in [0.1, 0.15) is 5.65 Å². The van der Waals surface area contributed by atoms with Gasteiger partial charge >= 0.3 is 0 Å². The van der Waals surface area contributed by atoms with Crippen LogP contribution in [0.25, 0.3) is 11.0 Å². The van der Waals surface area contributed by atoms with Crippen LogP contribution in [-0.2, 0) is 6.54 Å². The quantitative estimate of drug-likeness (QED) is 0.776. The SMILES string of the molecule is CCn1c(C)cc(C(=O)N2CCC(c3ccnc4[nH]ccc34)CC2)c1C. The van der Waals surface area contributed by atoms with Crippen molar-refractivity contribution >= 4 is 16.9 Å². The van der Waals surface area contributed by atoms with Crippen molar-refractivity contribution in [1.29, 1.82) is 0 Å². The zero-order valence-corrected chi connectivity index (χ0v) is 15.7. The topological polar surface area (TPSA) is 53.9 Å². The highest BCUT2D eigenvalue weighted by molar-refractivity contribution is 5.95. The van der Waals surface area contributed by atoms with Gasteiger partial charge in [-0.05, 0) is 63.3 Å². The summed E-state index contributed by atoms with van der Waals surface area (Å²) in [6, 6.07) is 6.28. The molecule has 0 saturated carbocycles. The second kappa shape index (κ2) is 6.63. The second-order valence-corrected chi connectivity index (χ2v) is 7.24. The summed E-state index contributed by atoms with van der Waals surface area (Å²) in [7, 11) is 0. The number of rotatable bonds is 3. The molecule has 4 heterocycles. The standard InChI is InChI=1S/C21H26N4O/c1-4-25-14(2)13-19(15(25)3)21(26)24-11-7-16(8-12-24)17-5-9-22-20-18(17)6-10-23-20/h5-6,9-10,13,16H,4,7-8,11-12H2,1-3H3,(H,22,23). The molecule has 136 valence electrons. The molecule has 5 nitrogen and oxygen atoms in total. The van der Waals surface area contributed by atoms with Crippen molar-refractivity contribution in [3.05, 3.63) is 53.1 Å². The van der Waals surface area contributed by atoms with Crippen LogP contribution in [0.2, 0.25) is 0 Å². The van der Waals surface area contributed by atoms with Crippen molar-refractivity contribution in [2.75, 3.05) is 13.1 Å². The van der Waals surface area contributed by atoms with Crippen molar-refractivity contribution < 1.29 is 4.79 Å². The third kappa shape index (κ3) is 2.71. The Labute approximate surface area is 154 Å². The molecule has 0 bridgehead atoms. The summed E-state index contributed by atoms with van der Waals surface area (Å²) in [5, 5.41) is 1.21. The summed E-state index contributed by atoms with van der Waals surface area (Å²) in [6.07, 6.45) is 5.83. The number of nitrogens with one attached hydrogen (secondary N) is 1. The number of aromatic nitrogens is 3. The van der Waals surface area contributed by atoms with E-state index in [0.717, 1.165) is 55.1 Å². The second-order valence-electron chi connectivity index (χ2n) is 7.24. The normalized spacial score (nSPS) is 15.7. The van der Waals surface area contributed by atoms with E-state index < -0.39 is 0 Å². The highest BCUT2D eigenvalue weighted by Crippen LogP contribution is 2.32. The Kier molecular flexibility index (Phi) is 4.31. The molecule has 0 unspecified atom stereocenters. The average molecular weight is 350 g/mol. The first-order valence-electron chi connectivity index (χ1n) is 9.48. The van der Waals surface area contributed by atoms with Gasteiger partial charge in [0, 0.05) is 48.8 Å². The van der Waals surface area contributed by atoms with Crippen molar-refractivity contribution in [3.8, 4) is 0 Å². The summed E-state index contributed by atoms with van der Waals surface area (Å²) in [5.41, 5.74) is 5.41. The van der Waals surface area contributed by atoms with Gasteiger partial charge in [0.05, 0.1) is 5.56 Å². The number of hydrogen-bond acceptors (Lipinski definition) is 2. The summed E-state index contributed by atoms with van der Waals surface area (Å²) in [5.74, 6) is 0.668. The number of carbonyl (C=O) groups excluding carboxylic acids is 1. The smallest absolute Gasteiger partial charge is 0.255 e. The monoisotopic (exact) mass is 350 g/mol. The molecule has 1 aliphatic heterocycles. The Hall–Kier alpha value is -2.56. The first-order chi connectivity index (χ1) is 12.6. The van der Waals surface area contributed by atoms with Crippen molar-refractivity contribution in [2.45, 2.75) is 46.1 Å². The minimum Gasteiger partial charge on any atom is -0.349 e. The van der Waals surface area contributed by atoms with E-state index >= 15 is 0 Å². The molecule has 0 aliphatic carbocycles. The van der Waals surface area contributed by atoms with Crippen LogP contribution in [0.1, 0.15) is 53.0 Å². The molecule has 0 atom stereocenters. The van der Waals surface area contributed by atoms with Gasteiger partial charge in [0.15, 0.2) is 0 Å².